The number of hydrogen-bond donors (Lipinski definition) is 0. The summed E-state index contributed by atoms with van der Waals surface area (Å²) in [6.07, 6.45) is 5.78. The van der Waals surface area contributed by atoms with Gasteiger partial charge in [-0.1, -0.05) is 12.2 Å². The number of ether oxygens (including phenoxy) is 3. The Morgan fingerprint density at radius 1 is 1.26 bits per heavy atom. The zero-order chi connectivity index (χ0) is 16.6. The van der Waals surface area contributed by atoms with Crippen LogP contribution in [0.3, 0.4) is 0 Å². The molecule has 3 saturated carbocycles. The summed E-state index contributed by atoms with van der Waals surface area (Å²) in [7, 11) is 0. The van der Waals surface area contributed by atoms with E-state index in [1.54, 1.807) is 6.92 Å². The molecule has 0 aromatic rings. The van der Waals surface area contributed by atoms with Gasteiger partial charge in [0.1, 0.15) is 18.8 Å². The van der Waals surface area contributed by atoms with Crippen molar-refractivity contribution >= 4 is 11.9 Å². The highest BCUT2D eigenvalue weighted by atomic mass is 16.6. The molecule has 5 aliphatic carbocycles. The summed E-state index contributed by atoms with van der Waals surface area (Å²) < 4.78 is 15.8. The van der Waals surface area contributed by atoms with Crippen LogP contribution in [0.25, 0.3) is 0 Å². The molecule has 0 radical (unpaired) electrons. The molecule has 0 aromatic carbocycles. The molecule has 0 spiro atoms. The van der Waals surface area contributed by atoms with Crippen LogP contribution >= 0.6 is 0 Å². The average Bonchev–Trinajstić information content (AvgIpc) is 2.50. The number of carbonyl (C=O) groups is 2. The van der Waals surface area contributed by atoms with Crippen molar-refractivity contribution in [3.05, 3.63) is 23.8 Å². The molecule has 5 aliphatic rings. The van der Waals surface area contributed by atoms with Gasteiger partial charge in [0.05, 0.1) is 6.61 Å². The molecule has 5 nitrogen and oxygen atoms in total. The average molecular weight is 320 g/mol. The molecular weight excluding hydrogens is 296 g/mol. The highest BCUT2D eigenvalue weighted by molar-refractivity contribution is 5.86. The second-order valence-corrected chi connectivity index (χ2v) is 7.07. The summed E-state index contributed by atoms with van der Waals surface area (Å²) in [5.41, 5.74) is 1.36. The lowest BCUT2D eigenvalue weighted by molar-refractivity contribution is -0.169. The number of esters is 2. The van der Waals surface area contributed by atoms with Crippen molar-refractivity contribution in [1.82, 2.24) is 0 Å². The molecule has 3 unspecified atom stereocenters. The summed E-state index contributed by atoms with van der Waals surface area (Å²) in [6, 6.07) is 0. The molecule has 0 saturated heterocycles. The third-order valence-electron chi connectivity index (χ3n) is 5.28. The lowest BCUT2D eigenvalue weighted by Crippen LogP contribution is -2.53. The standard InChI is InChI=1S/C18H24O5/c1-11(2)17(20)22-5-4-21-10-16(19)23-18(3)9-15-12-6-13(15)8-14(18)7-12/h9,12-14H,1,4-8,10H2,2-3H3. The predicted octanol–water partition coefficient (Wildman–Crippen LogP) is 2.41. The van der Waals surface area contributed by atoms with E-state index in [1.807, 2.05) is 6.92 Å². The second-order valence-electron chi connectivity index (χ2n) is 7.07. The monoisotopic (exact) mass is 320 g/mol. The van der Waals surface area contributed by atoms with Gasteiger partial charge in [-0.25, -0.2) is 9.59 Å². The van der Waals surface area contributed by atoms with Crippen molar-refractivity contribution in [2.24, 2.45) is 17.8 Å². The zero-order valence-corrected chi connectivity index (χ0v) is 13.8. The van der Waals surface area contributed by atoms with Crippen LogP contribution in [-0.4, -0.2) is 37.4 Å². The van der Waals surface area contributed by atoms with Gasteiger partial charge >= 0.3 is 11.9 Å². The van der Waals surface area contributed by atoms with Gasteiger partial charge in [0.25, 0.3) is 0 Å². The molecular formula is C18H24O5. The molecule has 126 valence electrons. The molecule has 0 amide bonds. The molecule has 0 N–H and O–H groups in total. The Labute approximate surface area is 136 Å². The predicted molar refractivity (Wildman–Crippen MR) is 83.5 cm³/mol. The fourth-order valence-corrected chi connectivity index (χ4v) is 4.05. The molecule has 5 heteroatoms. The first-order valence-electron chi connectivity index (χ1n) is 8.24. The quantitative estimate of drug-likeness (QED) is 0.312. The fraction of sp³-hybridized carbons (Fsp3) is 0.667. The summed E-state index contributed by atoms with van der Waals surface area (Å²) in [5.74, 6) is 1.10. The second kappa shape index (κ2) is 6.11. The van der Waals surface area contributed by atoms with Crippen LogP contribution in [-0.2, 0) is 23.8 Å². The number of carbonyl (C=O) groups excluding carboxylic acids is 2. The molecule has 23 heavy (non-hydrogen) atoms. The highest BCUT2D eigenvalue weighted by Gasteiger charge is 2.54. The third-order valence-corrected chi connectivity index (χ3v) is 5.28. The van der Waals surface area contributed by atoms with Crippen molar-refractivity contribution in [3.8, 4) is 0 Å². The van der Waals surface area contributed by atoms with E-state index >= 15 is 0 Å². The lowest BCUT2D eigenvalue weighted by Gasteiger charge is -2.57. The topological polar surface area (TPSA) is 61.8 Å². The van der Waals surface area contributed by atoms with Crippen LogP contribution in [0.2, 0.25) is 0 Å². The Morgan fingerprint density at radius 3 is 2.52 bits per heavy atom. The van der Waals surface area contributed by atoms with Crippen molar-refractivity contribution < 1.29 is 23.8 Å². The van der Waals surface area contributed by atoms with Crippen molar-refractivity contribution in [2.75, 3.05) is 19.8 Å². The Bertz CT molecular complexity index is 550. The maximum Gasteiger partial charge on any atom is 0.333 e. The third kappa shape index (κ3) is 3.20. The molecule has 0 aromatic heterocycles. The molecule has 4 bridgehead atoms. The first-order chi connectivity index (χ1) is 10.9. The van der Waals surface area contributed by atoms with E-state index in [2.05, 4.69) is 12.7 Å². The van der Waals surface area contributed by atoms with Crippen molar-refractivity contribution in [1.29, 1.82) is 0 Å². The van der Waals surface area contributed by atoms with E-state index in [0.717, 1.165) is 24.7 Å². The van der Waals surface area contributed by atoms with Crippen molar-refractivity contribution in [3.63, 3.8) is 0 Å². The first-order valence-corrected chi connectivity index (χ1v) is 8.24. The van der Waals surface area contributed by atoms with Gasteiger partial charge in [-0.3, -0.25) is 0 Å². The summed E-state index contributed by atoms with van der Waals surface area (Å²) in [4.78, 5) is 23.2. The maximum atomic E-state index is 12.0. The van der Waals surface area contributed by atoms with Gasteiger partial charge in [-0.2, -0.15) is 0 Å². The van der Waals surface area contributed by atoms with Gasteiger partial charge in [0.2, 0.25) is 0 Å². The largest absolute Gasteiger partial charge is 0.460 e. The Hall–Kier alpha value is -1.62. The Morgan fingerprint density at radius 2 is 1.96 bits per heavy atom. The maximum absolute atomic E-state index is 12.0. The van der Waals surface area contributed by atoms with Gasteiger partial charge in [-0.15, -0.1) is 0 Å². The summed E-state index contributed by atoms with van der Waals surface area (Å²) in [5, 5.41) is 0. The van der Waals surface area contributed by atoms with Gasteiger partial charge in [0.15, 0.2) is 0 Å². The van der Waals surface area contributed by atoms with Gasteiger partial charge < -0.3 is 14.2 Å². The van der Waals surface area contributed by atoms with Crippen LogP contribution in [0.4, 0.5) is 0 Å². The van der Waals surface area contributed by atoms with E-state index in [-0.39, 0.29) is 25.8 Å². The molecule has 0 heterocycles. The Kier molecular flexibility index (Phi) is 4.32. The summed E-state index contributed by atoms with van der Waals surface area (Å²) in [6.45, 7) is 7.22. The lowest BCUT2D eigenvalue weighted by atomic mass is 9.50. The van der Waals surface area contributed by atoms with E-state index < -0.39 is 11.6 Å². The molecule has 5 rings (SSSR count). The van der Waals surface area contributed by atoms with Gasteiger partial charge in [0, 0.05) is 11.5 Å². The number of rotatable bonds is 7. The molecule has 0 aliphatic heterocycles. The Balaban J connectivity index is 1.39. The zero-order valence-electron chi connectivity index (χ0n) is 13.8. The first kappa shape index (κ1) is 16.2. The van der Waals surface area contributed by atoms with Crippen LogP contribution in [0.5, 0.6) is 0 Å². The summed E-state index contributed by atoms with van der Waals surface area (Å²) >= 11 is 0. The van der Waals surface area contributed by atoms with Crippen LogP contribution in [0.15, 0.2) is 23.8 Å². The van der Waals surface area contributed by atoms with Crippen LogP contribution in [0.1, 0.15) is 33.1 Å². The molecule has 3 fully saturated rings. The van der Waals surface area contributed by atoms with E-state index in [0.29, 0.717) is 11.5 Å². The highest BCUT2D eigenvalue weighted by Crippen LogP contribution is 2.60. The van der Waals surface area contributed by atoms with E-state index in [1.165, 1.54) is 12.0 Å². The minimum absolute atomic E-state index is 0.103. The van der Waals surface area contributed by atoms with E-state index in [9.17, 15) is 9.59 Å². The fourth-order valence-electron chi connectivity index (χ4n) is 4.05. The van der Waals surface area contributed by atoms with Gasteiger partial charge in [-0.05, 0) is 51.0 Å². The number of allylic oxidation sites excluding steroid dienone is 1. The minimum Gasteiger partial charge on any atom is -0.460 e. The normalized spacial score (nSPS) is 33.5. The molecule has 3 atom stereocenters. The number of hydrogen-bond acceptors (Lipinski definition) is 5. The smallest absolute Gasteiger partial charge is 0.333 e. The van der Waals surface area contributed by atoms with Crippen molar-refractivity contribution in [2.45, 2.75) is 38.7 Å². The van der Waals surface area contributed by atoms with Crippen LogP contribution in [0, 0.1) is 17.8 Å². The van der Waals surface area contributed by atoms with Crippen LogP contribution < -0.4 is 0 Å². The van der Waals surface area contributed by atoms with E-state index in [4.69, 9.17) is 14.2 Å². The number of fused-ring (bicyclic) bond motifs is 1. The minimum atomic E-state index is -0.477. The SMILES string of the molecule is C=C(C)C(=O)OCCOCC(=O)OC1(C)C=C2C3CC2CC1C3.